The first-order valence-corrected chi connectivity index (χ1v) is 7.58. The molecule has 0 amide bonds. The summed E-state index contributed by atoms with van der Waals surface area (Å²) in [4.78, 5) is 27.9. The number of carbonyl (C=O) groups excluding carboxylic acids is 1. The molecule has 5 heteroatoms. The molecule has 0 aliphatic carbocycles. The Labute approximate surface area is 144 Å². The van der Waals surface area contributed by atoms with Crippen LogP contribution in [0.3, 0.4) is 0 Å². The maximum atomic E-state index is 12.2. The van der Waals surface area contributed by atoms with Crippen molar-refractivity contribution in [2.24, 2.45) is 0 Å². The summed E-state index contributed by atoms with van der Waals surface area (Å²) in [5, 5.41) is 10.1. The number of Topliss-reactive ketones (excluding diaryl/α,β-unsaturated/α-hetero) is 1. The van der Waals surface area contributed by atoms with Crippen LogP contribution in [0.2, 0.25) is 0 Å². The lowest BCUT2D eigenvalue weighted by molar-refractivity contribution is -0.146. The van der Waals surface area contributed by atoms with E-state index in [1.165, 1.54) is 13.2 Å². The molecule has 0 aliphatic rings. The molecule has 124 valence electrons. The van der Waals surface area contributed by atoms with E-state index in [0.29, 0.717) is 22.5 Å². The van der Waals surface area contributed by atoms with Crippen LogP contribution < -0.4 is 4.74 Å². The van der Waals surface area contributed by atoms with Gasteiger partial charge < -0.3 is 9.84 Å². The molecule has 0 saturated heterocycles. The summed E-state index contributed by atoms with van der Waals surface area (Å²) in [6, 6.07) is 17.9. The lowest BCUT2D eigenvalue weighted by atomic mass is 10.0. The SMILES string of the molecule is COc1cccc(C=C(C(=O)C(=O)O)c2ccc3ccccc3n2)c1. The van der Waals surface area contributed by atoms with Crippen molar-refractivity contribution in [1.29, 1.82) is 0 Å². The molecule has 3 aromatic rings. The normalized spacial score (nSPS) is 11.3. The number of hydrogen-bond donors (Lipinski definition) is 1. The Bertz CT molecular complexity index is 992. The van der Waals surface area contributed by atoms with Gasteiger partial charge in [-0.1, -0.05) is 36.4 Å². The van der Waals surface area contributed by atoms with Crippen LogP contribution in [0.25, 0.3) is 22.6 Å². The number of ether oxygens (including phenoxy) is 1. The first-order chi connectivity index (χ1) is 12.1. The van der Waals surface area contributed by atoms with Gasteiger partial charge in [-0.15, -0.1) is 0 Å². The maximum Gasteiger partial charge on any atom is 0.377 e. The third kappa shape index (κ3) is 3.55. The number of aromatic nitrogens is 1. The number of fused-ring (bicyclic) bond motifs is 1. The van der Waals surface area contributed by atoms with Gasteiger partial charge in [0, 0.05) is 5.39 Å². The fourth-order valence-corrected chi connectivity index (χ4v) is 2.49. The minimum absolute atomic E-state index is 0.0199. The van der Waals surface area contributed by atoms with Crippen LogP contribution in [-0.4, -0.2) is 29.0 Å². The number of nitrogens with zero attached hydrogens (tertiary/aromatic N) is 1. The van der Waals surface area contributed by atoms with E-state index in [-0.39, 0.29) is 5.57 Å². The lowest BCUT2D eigenvalue weighted by Gasteiger charge is -2.07. The third-order valence-corrected chi connectivity index (χ3v) is 3.72. The molecule has 1 N–H and O–H groups in total. The molecule has 1 aromatic heterocycles. The summed E-state index contributed by atoms with van der Waals surface area (Å²) in [7, 11) is 1.54. The highest BCUT2D eigenvalue weighted by molar-refractivity contribution is 6.52. The van der Waals surface area contributed by atoms with Crippen LogP contribution in [0.15, 0.2) is 60.7 Å². The third-order valence-electron chi connectivity index (χ3n) is 3.72. The number of benzene rings is 2. The molecule has 0 saturated carbocycles. The molecular weight excluding hydrogens is 318 g/mol. The zero-order valence-electron chi connectivity index (χ0n) is 13.5. The number of carboxylic acid groups (broad SMARTS) is 1. The van der Waals surface area contributed by atoms with Gasteiger partial charge in [0.25, 0.3) is 5.78 Å². The van der Waals surface area contributed by atoms with Crippen molar-refractivity contribution < 1.29 is 19.4 Å². The number of rotatable bonds is 5. The van der Waals surface area contributed by atoms with Crippen LogP contribution in [0.5, 0.6) is 5.75 Å². The highest BCUT2D eigenvalue weighted by Gasteiger charge is 2.21. The molecule has 2 aromatic carbocycles. The van der Waals surface area contributed by atoms with Crippen LogP contribution in [-0.2, 0) is 9.59 Å². The van der Waals surface area contributed by atoms with Crippen molar-refractivity contribution in [2.45, 2.75) is 0 Å². The Balaban J connectivity index is 2.14. The van der Waals surface area contributed by atoms with E-state index >= 15 is 0 Å². The predicted octanol–water partition coefficient (Wildman–Crippen LogP) is 3.44. The Kier molecular flexibility index (Phi) is 4.57. The van der Waals surface area contributed by atoms with E-state index in [1.807, 2.05) is 30.3 Å². The number of carboxylic acids is 1. The number of aliphatic carboxylic acids is 1. The van der Waals surface area contributed by atoms with E-state index in [2.05, 4.69) is 4.98 Å². The van der Waals surface area contributed by atoms with Crippen LogP contribution in [0.1, 0.15) is 11.3 Å². The van der Waals surface area contributed by atoms with Crippen molar-refractivity contribution in [3.05, 3.63) is 71.9 Å². The Morgan fingerprint density at radius 3 is 2.60 bits per heavy atom. The van der Waals surface area contributed by atoms with Gasteiger partial charge in [-0.3, -0.25) is 4.79 Å². The van der Waals surface area contributed by atoms with E-state index in [1.54, 1.807) is 30.3 Å². The zero-order chi connectivity index (χ0) is 17.8. The molecule has 0 radical (unpaired) electrons. The molecule has 0 aliphatic heterocycles. The standard InChI is InChI=1S/C20H15NO4/c1-25-15-7-4-5-13(11-15)12-16(19(22)20(23)24)18-10-9-14-6-2-3-8-17(14)21-18/h2-12H,1H3,(H,23,24). The van der Waals surface area contributed by atoms with Crippen molar-refractivity contribution in [3.63, 3.8) is 0 Å². The quantitative estimate of drug-likeness (QED) is 0.572. The van der Waals surface area contributed by atoms with Gasteiger partial charge in [-0.25, -0.2) is 9.78 Å². The number of hydrogen-bond acceptors (Lipinski definition) is 4. The molecule has 25 heavy (non-hydrogen) atoms. The summed E-state index contributed by atoms with van der Waals surface area (Å²) in [5.41, 5.74) is 1.68. The largest absolute Gasteiger partial charge is 0.497 e. The van der Waals surface area contributed by atoms with Crippen LogP contribution in [0, 0.1) is 0 Å². The lowest BCUT2D eigenvalue weighted by Crippen LogP contribution is -2.15. The van der Waals surface area contributed by atoms with E-state index in [9.17, 15) is 9.59 Å². The summed E-state index contributed by atoms with van der Waals surface area (Å²) in [6.45, 7) is 0. The number of carbonyl (C=O) groups is 2. The number of ketones is 1. The Morgan fingerprint density at radius 1 is 1.04 bits per heavy atom. The van der Waals surface area contributed by atoms with E-state index in [4.69, 9.17) is 9.84 Å². The number of para-hydroxylation sites is 1. The minimum Gasteiger partial charge on any atom is -0.497 e. The molecular formula is C20H15NO4. The molecule has 0 fully saturated rings. The Hall–Kier alpha value is -3.47. The van der Waals surface area contributed by atoms with Crippen molar-refractivity contribution in [3.8, 4) is 5.75 Å². The highest BCUT2D eigenvalue weighted by atomic mass is 16.5. The monoisotopic (exact) mass is 333 g/mol. The fraction of sp³-hybridized carbons (Fsp3) is 0.0500. The molecule has 0 bridgehead atoms. The van der Waals surface area contributed by atoms with Gasteiger partial charge in [-0.05, 0) is 35.9 Å². The summed E-state index contributed by atoms with van der Waals surface area (Å²) >= 11 is 0. The van der Waals surface area contributed by atoms with Gasteiger partial charge in [0.15, 0.2) is 0 Å². The second-order valence-electron chi connectivity index (χ2n) is 5.36. The van der Waals surface area contributed by atoms with Gasteiger partial charge in [-0.2, -0.15) is 0 Å². The van der Waals surface area contributed by atoms with Gasteiger partial charge in [0.1, 0.15) is 5.75 Å². The molecule has 0 spiro atoms. The zero-order valence-corrected chi connectivity index (χ0v) is 13.5. The van der Waals surface area contributed by atoms with Gasteiger partial charge >= 0.3 is 5.97 Å². The predicted molar refractivity (Wildman–Crippen MR) is 95.3 cm³/mol. The second-order valence-corrected chi connectivity index (χ2v) is 5.36. The molecule has 0 unspecified atom stereocenters. The van der Waals surface area contributed by atoms with Crippen molar-refractivity contribution >= 4 is 34.3 Å². The molecule has 3 rings (SSSR count). The average Bonchev–Trinajstić information content (AvgIpc) is 2.65. The summed E-state index contributed by atoms with van der Waals surface area (Å²) in [5.74, 6) is -1.92. The van der Waals surface area contributed by atoms with Crippen molar-refractivity contribution in [1.82, 2.24) is 4.98 Å². The van der Waals surface area contributed by atoms with Gasteiger partial charge in [0.05, 0.1) is 23.9 Å². The average molecular weight is 333 g/mol. The first kappa shape index (κ1) is 16.4. The van der Waals surface area contributed by atoms with Crippen LogP contribution >= 0.6 is 0 Å². The highest BCUT2D eigenvalue weighted by Crippen LogP contribution is 2.23. The molecule has 0 atom stereocenters. The molecule has 5 nitrogen and oxygen atoms in total. The summed E-state index contributed by atoms with van der Waals surface area (Å²) in [6.07, 6.45) is 1.51. The van der Waals surface area contributed by atoms with E-state index in [0.717, 1.165) is 5.39 Å². The second kappa shape index (κ2) is 6.97. The Morgan fingerprint density at radius 2 is 1.84 bits per heavy atom. The number of methoxy groups -OCH3 is 1. The number of pyridine rings is 1. The smallest absolute Gasteiger partial charge is 0.377 e. The molecule has 1 heterocycles. The van der Waals surface area contributed by atoms with E-state index < -0.39 is 11.8 Å². The minimum atomic E-state index is -1.52. The van der Waals surface area contributed by atoms with Crippen LogP contribution in [0.4, 0.5) is 0 Å². The fourth-order valence-electron chi connectivity index (χ4n) is 2.49. The first-order valence-electron chi connectivity index (χ1n) is 7.58. The summed E-state index contributed by atoms with van der Waals surface area (Å²) < 4.78 is 5.16. The topological polar surface area (TPSA) is 76.5 Å². The van der Waals surface area contributed by atoms with Gasteiger partial charge in [0.2, 0.25) is 0 Å². The van der Waals surface area contributed by atoms with Crippen molar-refractivity contribution in [2.75, 3.05) is 7.11 Å². The maximum absolute atomic E-state index is 12.2.